The second-order valence-corrected chi connectivity index (χ2v) is 8.48. The van der Waals surface area contributed by atoms with Crippen LogP contribution in [0.1, 0.15) is 0 Å². The molecule has 13 heteroatoms. The third-order valence-corrected chi connectivity index (χ3v) is 5.68. The van der Waals surface area contributed by atoms with Gasteiger partial charge in [-0.25, -0.2) is 8.42 Å². The zero-order chi connectivity index (χ0) is 23.2. The summed E-state index contributed by atoms with van der Waals surface area (Å²) in [7, 11) is -2.81. The summed E-state index contributed by atoms with van der Waals surface area (Å²) in [6.45, 7) is -1.38. The van der Waals surface area contributed by atoms with Crippen molar-refractivity contribution in [3.05, 3.63) is 53.6 Å². The van der Waals surface area contributed by atoms with Gasteiger partial charge in [0.1, 0.15) is 12.3 Å². The maximum atomic E-state index is 12.4. The number of anilines is 1. The Kier molecular flexibility index (Phi) is 7.87. The number of sulfonamides is 1. The Morgan fingerprint density at radius 3 is 2.19 bits per heavy atom. The van der Waals surface area contributed by atoms with Gasteiger partial charge in [-0.05, 0) is 48.5 Å². The molecule has 0 unspecified atom stereocenters. The first-order valence-corrected chi connectivity index (χ1v) is 10.2. The van der Waals surface area contributed by atoms with Gasteiger partial charge in [0.2, 0.25) is 10.0 Å². The highest BCUT2D eigenvalue weighted by molar-refractivity contribution is 7.89. The molecule has 0 aliphatic heterocycles. The highest BCUT2D eigenvalue weighted by atomic mass is 35.5. The van der Waals surface area contributed by atoms with Gasteiger partial charge < -0.3 is 14.8 Å². The molecule has 1 amide bonds. The Morgan fingerprint density at radius 2 is 1.65 bits per heavy atom. The van der Waals surface area contributed by atoms with Crippen molar-refractivity contribution < 1.29 is 40.7 Å². The van der Waals surface area contributed by atoms with Crippen molar-refractivity contribution >= 4 is 39.2 Å². The predicted octanol–water partition coefficient (Wildman–Crippen LogP) is 3.04. The summed E-state index contributed by atoms with van der Waals surface area (Å²) in [4.78, 5) is 23.6. The summed E-state index contributed by atoms with van der Waals surface area (Å²) in [5.74, 6) is -2.23. The molecule has 0 aliphatic carbocycles. The number of ether oxygens (including phenoxy) is 2. The first-order chi connectivity index (χ1) is 14.4. The van der Waals surface area contributed by atoms with E-state index in [-0.39, 0.29) is 10.6 Å². The molecule has 0 aromatic heterocycles. The summed E-state index contributed by atoms with van der Waals surface area (Å²) in [5.41, 5.74) is 0.137. The fourth-order valence-electron chi connectivity index (χ4n) is 2.18. The molecule has 2 rings (SSSR count). The zero-order valence-electron chi connectivity index (χ0n) is 15.8. The number of amides is 1. The van der Waals surface area contributed by atoms with Gasteiger partial charge in [0, 0.05) is 17.8 Å². The Hall–Kier alpha value is -2.83. The van der Waals surface area contributed by atoms with E-state index < -0.39 is 47.2 Å². The molecule has 0 saturated carbocycles. The number of nitrogens with zero attached hydrogens (tertiary/aromatic N) is 1. The second kappa shape index (κ2) is 9.98. The van der Waals surface area contributed by atoms with Gasteiger partial charge in [0.15, 0.2) is 6.61 Å². The number of nitrogens with one attached hydrogen (secondary N) is 1. The van der Waals surface area contributed by atoms with Crippen molar-refractivity contribution in [3.8, 4) is 5.75 Å². The normalized spacial score (nSPS) is 11.8. The number of carbonyl (C=O) groups is 2. The Bertz CT molecular complexity index is 1030. The highest BCUT2D eigenvalue weighted by Crippen LogP contribution is 2.24. The molecule has 0 heterocycles. The number of likely N-dealkylation sites (N-methyl/N-ethyl adjacent to an activating group) is 1. The van der Waals surface area contributed by atoms with Crippen LogP contribution >= 0.6 is 11.6 Å². The Balaban J connectivity index is 1.83. The van der Waals surface area contributed by atoms with Crippen LogP contribution in [0.25, 0.3) is 0 Å². The second-order valence-electron chi connectivity index (χ2n) is 6.00. The van der Waals surface area contributed by atoms with E-state index in [0.717, 1.165) is 35.6 Å². The van der Waals surface area contributed by atoms with E-state index in [2.05, 4.69) is 10.1 Å². The molecule has 0 aliphatic rings. The first-order valence-electron chi connectivity index (χ1n) is 8.40. The highest BCUT2D eigenvalue weighted by Gasteiger charge is 2.31. The largest absolute Gasteiger partial charge is 0.573 e. The van der Waals surface area contributed by atoms with Crippen molar-refractivity contribution in [1.29, 1.82) is 0 Å². The van der Waals surface area contributed by atoms with E-state index in [4.69, 9.17) is 16.3 Å². The van der Waals surface area contributed by atoms with E-state index in [0.29, 0.717) is 5.02 Å². The summed E-state index contributed by atoms with van der Waals surface area (Å²) >= 11 is 5.72. The van der Waals surface area contributed by atoms with Crippen molar-refractivity contribution in [2.75, 3.05) is 25.5 Å². The quantitative estimate of drug-likeness (QED) is 0.583. The predicted molar refractivity (Wildman–Crippen MR) is 104 cm³/mol. The van der Waals surface area contributed by atoms with Gasteiger partial charge in [0.25, 0.3) is 5.91 Å². The van der Waals surface area contributed by atoms with E-state index >= 15 is 0 Å². The number of halogens is 4. The lowest BCUT2D eigenvalue weighted by Gasteiger charge is -2.16. The molecular weight excluding hydrogens is 465 g/mol. The summed E-state index contributed by atoms with van der Waals surface area (Å²) < 4.78 is 70.3. The molecule has 0 atom stereocenters. The minimum atomic E-state index is -4.84. The number of carbonyl (C=O) groups excluding carboxylic acids is 2. The molecule has 2 aromatic carbocycles. The van der Waals surface area contributed by atoms with Crippen molar-refractivity contribution in [2.24, 2.45) is 0 Å². The van der Waals surface area contributed by atoms with Crippen LogP contribution < -0.4 is 10.1 Å². The van der Waals surface area contributed by atoms with Crippen molar-refractivity contribution in [1.82, 2.24) is 4.31 Å². The van der Waals surface area contributed by atoms with Crippen LogP contribution in [0.3, 0.4) is 0 Å². The molecule has 0 bridgehead atoms. The number of hydrogen-bond donors (Lipinski definition) is 1. The molecular formula is C18H16ClF3N2O6S. The van der Waals surface area contributed by atoms with Gasteiger partial charge in [0.05, 0.1) is 4.90 Å². The van der Waals surface area contributed by atoms with Gasteiger partial charge in [-0.15, -0.1) is 13.2 Å². The number of hydrogen-bond acceptors (Lipinski definition) is 6. The topological polar surface area (TPSA) is 102 Å². The van der Waals surface area contributed by atoms with E-state index in [1.54, 1.807) is 0 Å². The van der Waals surface area contributed by atoms with Crippen LogP contribution in [0.2, 0.25) is 5.02 Å². The third-order valence-electron chi connectivity index (χ3n) is 3.61. The standard InChI is InChI=1S/C18H16ClF3N2O6S/c1-24(31(27,28)15-8-2-12(19)3-9-15)10-17(26)29-11-16(25)23-13-4-6-14(7-5-13)30-18(20,21)22/h2-9H,10-11H2,1H3,(H,23,25). The zero-order valence-corrected chi connectivity index (χ0v) is 17.4. The minimum Gasteiger partial charge on any atom is -0.455 e. The maximum Gasteiger partial charge on any atom is 0.573 e. The van der Waals surface area contributed by atoms with Crippen LogP contribution in [0.15, 0.2) is 53.4 Å². The monoisotopic (exact) mass is 480 g/mol. The minimum absolute atomic E-state index is 0.0807. The van der Waals surface area contributed by atoms with E-state index in [1.807, 2.05) is 0 Å². The van der Waals surface area contributed by atoms with Crippen LogP contribution in [0.5, 0.6) is 5.75 Å². The van der Waals surface area contributed by atoms with Crippen LogP contribution in [-0.4, -0.2) is 51.2 Å². The molecule has 0 fully saturated rings. The molecule has 0 saturated heterocycles. The number of esters is 1. The average Bonchev–Trinajstić information content (AvgIpc) is 2.67. The Labute approximate surface area is 180 Å². The van der Waals surface area contributed by atoms with Crippen molar-refractivity contribution in [2.45, 2.75) is 11.3 Å². The van der Waals surface area contributed by atoms with E-state index in [1.165, 1.54) is 24.3 Å². The molecule has 168 valence electrons. The van der Waals surface area contributed by atoms with Crippen LogP contribution in [-0.2, 0) is 24.3 Å². The lowest BCUT2D eigenvalue weighted by atomic mass is 10.3. The SMILES string of the molecule is CN(CC(=O)OCC(=O)Nc1ccc(OC(F)(F)F)cc1)S(=O)(=O)c1ccc(Cl)cc1. The van der Waals surface area contributed by atoms with Gasteiger partial charge in [-0.3, -0.25) is 9.59 Å². The summed E-state index contributed by atoms with van der Waals surface area (Å²) in [6, 6.07) is 9.62. The lowest BCUT2D eigenvalue weighted by Crippen LogP contribution is -2.34. The molecule has 0 radical (unpaired) electrons. The number of alkyl halides is 3. The van der Waals surface area contributed by atoms with E-state index in [9.17, 15) is 31.2 Å². The van der Waals surface area contributed by atoms with Crippen LogP contribution in [0, 0.1) is 0 Å². The first kappa shape index (κ1) is 24.4. The molecule has 0 spiro atoms. The smallest absolute Gasteiger partial charge is 0.455 e. The third kappa shape index (κ3) is 7.74. The fraction of sp³-hybridized carbons (Fsp3) is 0.222. The molecule has 1 N–H and O–H groups in total. The van der Waals surface area contributed by atoms with Crippen LogP contribution in [0.4, 0.5) is 18.9 Å². The number of benzene rings is 2. The molecule has 8 nitrogen and oxygen atoms in total. The fourth-order valence-corrected chi connectivity index (χ4v) is 3.42. The van der Waals surface area contributed by atoms with Gasteiger partial charge in [-0.2, -0.15) is 4.31 Å². The summed E-state index contributed by atoms with van der Waals surface area (Å²) in [6.07, 6.45) is -4.84. The van der Waals surface area contributed by atoms with Crippen molar-refractivity contribution in [3.63, 3.8) is 0 Å². The maximum absolute atomic E-state index is 12.4. The molecule has 2 aromatic rings. The Morgan fingerprint density at radius 1 is 1.06 bits per heavy atom. The van der Waals surface area contributed by atoms with Gasteiger partial charge in [-0.1, -0.05) is 11.6 Å². The average molecular weight is 481 g/mol. The van der Waals surface area contributed by atoms with Gasteiger partial charge >= 0.3 is 12.3 Å². The molecule has 31 heavy (non-hydrogen) atoms. The summed E-state index contributed by atoms with van der Waals surface area (Å²) in [5, 5.41) is 2.65. The number of rotatable bonds is 8. The lowest BCUT2D eigenvalue weighted by molar-refractivity contribution is -0.274.